The van der Waals surface area contributed by atoms with Crippen LogP contribution in [0.3, 0.4) is 0 Å². The lowest BCUT2D eigenvalue weighted by Crippen LogP contribution is -2.42. The summed E-state index contributed by atoms with van der Waals surface area (Å²) >= 11 is 1.37. The van der Waals surface area contributed by atoms with Gasteiger partial charge in [0.05, 0.1) is 16.6 Å². The summed E-state index contributed by atoms with van der Waals surface area (Å²) in [7, 11) is 0. The number of aromatic amines is 1. The van der Waals surface area contributed by atoms with Crippen LogP contribution in [0.5, 0.6) is 0 Å². The average Bonchev–Trinajstić information content (AvgIpc) is 3.32. The lowest BCUT2D eigenvalue weighted by atomic mass is 10.1. The molecular formula is C27H26N5O3S-. The number of thioether (sulfide) groups is 1. The van der Waals surface area contributed by atoms with E-state index in [1.165, 1.54) is 23.9 Å². The van der Waals surface area contributed by atoms with E-state index in [0.29, 0.717) is 10.7 Å². The molecule has 1 aliphatic rings. The number of imidazole rings is 1. The maximum absolute atomic E-state index is 13.0. The number of nitrogens with zero attached hydrogens (tertiary/aromatic N) is 2. The van der Waals surface area contributed by atoms with E-state index < -0.39 is 10.2 Å². The zero-order valence-corrected chi connectivity index (χ0v) is 20.7. The first kappa shape index (κ1) is 24.9. The van der Waals surface area contributed by atoms with Gasteiger partial charge in [0, 0.05) is 29.5 Å². The second kappa shape index (κ2) is 11.5. The van der Waals surface area contributed by atoms with Crippen molar-refractivity contribution in [3.8, 4) is 22.5 Å². The molecule has 0 saturated heterocycles. The van der Waals surface area contributed by atoms with Crippen LogP contribution in [0.1, 0.15) is 13.8 Å². The summed E-state index contributed by atoms with van der Waals surface area (Å²) in [5, 5.41) is 21.8. The first-order valence-electron chi connectivity index (χ1n) is 11.4. The number of hydrogen-bond donors (Lipinski definition) is 3. The van der Waals surface area contributed by atoms with Crippen molar-refractivity contribution in [2.75, 3.05) is 0 Å². The SMILES string of the molecule is CC(C)C(Sc1nc(-c2ccccc2)c(-c2ccccc2)[nH]1)C(=O)NNC=C1C=CC(=[N+]([O-])[O-])C=C1. The van der Waals surface area contributed by atoms with E-state index in [9.17, 15) is 15.2 Å². The van der Waals surface area contributed by atoms with E-state index in [2.05, 4.69) is 15.8 Å². The highest BCUT2D eigenvalue weighted by atomic mass is 32.2. The molecule has 1 aliphatic carbocycles. The Morgan fingerprint density at radius 2 is 1.58 bits per heavy atom. The largest absolute Gasteiger partial charge is 0.612 e. The van der Waals surface area contributed by atoms with Gasteiger partial charge in [0.1, 0.15) is 0 Å². The summed E-state index contributed by atoms with van der Waals surface area (Å²) in [6.07, 6.45) is 7.61. The van der Waals surface area contributed by atoms with Crippen molar-refractivity contribution < 1.29 is 9.70 Å². The average molecular weight is 501 g/mol. The van der Waals surface area contributed by atoms with Gasteiger partial charge in [0.25, 0.3) is 5.91 Å². The van der Waals surface area contributed by atoms with Crippen molar-refractivity contribution in [1.29, 1.82) is 0 Å². The second-order valence-electron chi connectivity index (χ2n) is 8.41. The number of carbonyl (C=O) groups excluding carboxylic acids is 1. The van der Waals surface area contributed by atoms with Gasteiger partial charge in [-0.2, -0.15) is 4.90 Å². The minimum atomic E-state index is -0.454. The summed E-state index contributed by atoms with van der Waals surface area (Å²) in [4.78, 5) is 20.8. The van der Waals surface area contributed by atoms with E-state index >= 15 is 0 Å². The van der Waals surface area contributed by atoms with Gasteiger partial charge < -0.3 is 20.8 Å². The Morgan fingerprint density at radius 1 is 0.972 bits per heavy atom. The molecule has 4 rings (SSSR count). The number of allylic oxidation sites excluding steroid dienone is 5. The molecule has 1 unspecified atom stereocenters. The molecule has 0 spiro atoms. The molecular weight excluding hydrogens is 474 g/mol. The molecule has 0 bridgehead atoms. The number of nitrogens with one attached hydrogen (secondary N) is 3. The van der Waals surface area contributed by atoms with Crippen LogP contribution in [0.25, 0.3) is 22.5 Å². The molecule has 1 amide bonds. The van der Waals surface area contributed by atoms with Crippen LogP contribution in [-0.4, -0.2) is 31.7 Å². The third kappa shape index (κ3) is 6.05. The molecule has 3 N–H and O–H groups in total. The lowest BCUT2D eigenvalue weighted by Gasteiger charge is -2.18. The lowest BCUT2D eigenvalue weighted by molar-refractivity contribution is -0.377. The van der Waals surface area contributed by atoms with Crippen molar-refractivity contribution in [1.82, 2.24) is 20.8 Å². The summed E-state index contributed by atoms with van der Waals surface area (Å²) < 4.78 is 0. The summed E-state index contributed by atoms with van der Waals surface area (Å²) in [5.74, 6) is -0.172. The van der Waals surface area contributed by atoms with Crippen molar-refractivity contribution in [3.05, 3.63) is 107 Å². The molecule has 0 aliphatic heterocycles. The van der Waals surface area contributed by atoms with Gasteiger partial charge in [-0.3, -0.25) is 10.2 Å². The number of amides is 1. The van der Waals surface area contributed by atoms with E-state index in [1.54, 1.807) is 18.4 Å². The highest BCUT2D eigenvalue weighted by molar-refractivity contribution is 8.00. The van der Waals surface area contributed by atoms with Crippen LogP contribution in [0.2, 0.25) is 0 Å². The third-order valence-electron chi connectivity index (χ3n) is 5.43. The van der Waals surface area contributed by atoms with Crippen LogP contribution in [0.4, 0.5) is 0 Å². The predicted molar refractivity (Wildman–Crippen MR) is 144 cm³/mol. The van der Waals surface area contributed by atoms with Gasteiger partial charge in [-0.15, -0.1) is 0 Å². The Labute approximate surface area is 213 Å². The molecule has 3 aromatic rings. The Kier molecular flexibility index (Phi) is 7.92. The Balaban J connectivity index is 1.50. The molecule has 8 nitrogen and oxygen atoms in total. The van der Waals surface area contributed by atoms with Gasteiger partial charge in [-0.25, -0.2) is 4.98 Å². The Bertz CT molecular complexity index is 1250. The van der Waals surface area contributed by atoms with Crippen molar-refractivity contribution in [2.24, 2.45) is 5.92 Å². The quantitative estimate of drug-likeness (QED) is 0.229. The molecule has 36 heavy (non-hydrogen) atoms. The topological polar surface area (TPSA) is 119 Å². The van der Waals surface area contributed by atoms with E-state index in [-0.39, 0.29) is 17.5 Å². The number of rotatable bonds is 8. The van der Waals surface area contributed by atoms with Crippen LogP contribution < -0.4 is 10.9 Å². The number of benzene rings is 2. The smallest absolute Gasteiger partial charge is 0.252 e. The van der Waals surface area contributed by atoms with Crippen molar-refractivity contribution in [3.63, 3.8) is 0 Å². The molecule has 1 heterocycles. The van der Waals surface area contributed by atoms with Gasteiger partial charge in [-0.1, -0.05) is 86.3 Å². The third-order valence-corrected chi connectivity index (χ3v) is 6.86. The van der Waals surface area contributed by atoms with Crippen molar-refractivity contribution >= 4 is 23.4 Å². The van der Waals surface area contributed by atoms with Crippen molar-refractivity contribution in [2.45, 2.75) is 24.3 Å². The van der Waals surface area contributed by atoms with Gasteiger partial charge in [0.2, 0.25) is 5.71 Å². The molecule has 2 aromatic carbocycles. The van der Waals surface area contributed by atoms with Gasteiger partial charge in [-0.05, 0) is 23.6 Å². The molecule has 0 radical (unpaired) electrons. The van der Waals surface area contributed by atoms with E-state index in [1.807, 2.05) is 74.5 Å². The molecule has 0 fully saturated rings. The van der Waals surface area contributed by atoms with Gasteiger partial charge in [0.15, 0.2) is 5.16 Å². The van der Waals surface area contributed by atoms with E-state index in [4.69, 9.17) is 4.98 Å². The van der Waals surface area contributed by atoms with Crippen LogP contribution >= 0.6 is 11.8 Å². The first-order chi connectivity index (χ1) is 17.4. The molecule has 184 valence electrons. The molecule has 9 heteroatoms. The number of H-pyrrole nitrogens is 1. The zero-order valence-electron chi connectivity index (χ0n) is 19.8. The number of carbonyl (C=O) groups is 1. The fourth-order valence-corrected chi connectivity index (χ4v) is 4.58. The maximum Gasteiger partial charge on any atom is 0.252 e. The fraction of sp³-hybridized carbons (Fsp3) is 0.148. The molecule has 1 atom stereocenters. The predicted octanol–water partition coefficient (Wildman–Crippen LogP) is 4.94. The minimum absolute atomic E-state index is 0.00986. The standard InChI is InChI=1S/C27H26N5O3S/c1-18(2)25(26(33)31-28-17-19-13-15-22(16-14-19)32(34)35)36-27-29-23(20-9-5-3-6-10-20)24(30-27)21-11-7-4-8-12-21/h3-18,25,28H,1-2H3,(H2-,29,30,31,33,34,35)/q-1. The zero-order chi connectivity index (χ0) is 25.5. The number of hydrazine groups is 1. The molecule has 0 saturated carbocycles. The summed E-state index contributed by atoms with van der Waals surface area (Å²) in [6.45, 7) is 3.97. The summed E-state index contributed by atoms with van der Waals surface area (Å²) in [6, 6.07) is 19.9. The van der Waals surface area contributed by atoms with E-state index in [0.717, 1.165) is 22.5 Å². The highest BCUT2D eigenvalue weighted by Gasteiger charge is 2.26. The highest BCUT2D eigenvalue weighted by Crippen LogP contribution is 2.35. The maximum atomic E-state index is 13.0. The Hall–Kier alpha value is -4.24. The van der Waals surface area contributed by atoms with Crippen LogP contribution in [0.15, 0.2) is 102 Å². The second-order valence-corrected chi connectivity index (χ2v) is 9.54. The van der Waals surface area contributed by atoms with Gasteiger partial charge >= 0.3 is 0 Å². The fourth-order valence-electron chi connectivity index (χ4n) is 3.59. The number of hydrogen-bond acceptors (Lipinski definition) is 6. The monoisotopic (exact) mass is 500 g/mol. The summed E-state index contributed by atoms with van der Waals surface area (Å²) in [5.41, 5.74) is 9.96. The molecule has 1 aromatic heterocycles. The Morgan fingerprint density at radius 3 is 2.17 bits per heavy atom. The minimum Gasteiger partial charge on any atom is -0.612 e. The first-order valence-corrected chi connectivity index (χ1v) is 12.3. The normalized spacial score (nSPS) is 13.5. The van der Waals surface area contributed by atoms with Crippen LogP contribution in [0, 0.1) is 16.3 Å². The van der Waals surface area contributed by atoms with Crippen LogP contribution in [-0.2, 0) is 4.79 Å². The number of aromatic nitrogens is 2.